The predicted octanol–water partition coefficient (Wildman–Crippen LogP) is 3.70. The largest absolute Gasteiger partial charge is 0.330 e. The molecule has 0 saturated carbocycles. The van der Waals surface area contributed by atoms with Crippen LogP contribution in [-0.2, 0) is 6.42 Å². The Balaban J connectivity index is 2.46. The van der Waals surface area contributed by atoms with Gasteiger partial charge in [0.05, 0.1) is 10.7 Å². The van der Waals surface area contributed by atoms with Crippen LogP contribution in [0.2, 0.25) is 10.2 Å². The van der Waals surface area contributed by atoms with E-state index in [-0.39, 0.29) is 5.02 Å². The SMILES string of the molecule is NCCc1cc(Cl)nc(-c2ccc(F)c(Cl)c2)c1. The fraction of sp³-hybridized carbons (Fsp3) is 0.154. The summed E-state index contributed by atoms with van der Waals surface area (Å²) in [6.07, 6.45) is 0.712. The zero-order chi connectivity index (χ0) is 13.1. The lowest BCUT2D eigenvalue weighted by atomic mass is 10.1. The van der Waals surface area contributed by atoms with Crippen molar-refractivity contribution >= 4 is 23.2 Å². The van der Waals surface area contributed by atoms with Crippen LogP contribution >= 0.6 is 23.2 Å². The number of halogens is 3. The summed E-state index contributed by atoms with van der Waals surface area (Å²) in [5, 5.41) is 0.450. The van der Waals surface area contributed by atoms with E-state index in [0.29, 0.717) is 23.8 Å². The number of nitrogens with two attached hydrogens (primary N) is 1. The van der Waals surface area contributed by atoms with Crippen molar-refractivity contribution in [2.45, 2.75) is 6.42 Å². The molecule has 2 N–H and O–H groups in total. The van der Waals surface area contributed by atoms with Crippen LogP contribution in [0.1, 0.15) is 5.56 Å². The van der Waals surface area contributed by atoms with Gasteiger partial charge in [0, 0.05) is 5.56 Å². The standard InChI is InChI=1S/C13H11Cl2FN2/c14-10-7-9(1-2-11(10)16)12-5-8(3-4-17)6-13(15)18-12/h1-2,5-7H,3-4,17H2. The topological polar surface area (TPSA) is 38.9 Å². The van der Waals surface area contributed by atoms with E-state index in [2.05, 4.69) is 4.98 Å². The number of hydrogen-bond donors (Lipinski definition) is 1. The van der Waals surface area contributed by atoms with E-state index < -0.39 is 5.82 Å². The second-order valence-electron chi connectivity index (χ2n) is 3.85. The van der Waals surface area contributed by atoms with E-state index in [4.69, 9.17) is 28.9 Å². The fourth-order valence-corrected chi connectivity index (χ4v) is 2.08. The maximum absolute atomic E-state index is 13.1. The van der Waals surface area contributed by atoms with Crippen LogP contribution in [-0.4, -0.2) is 11.5 Å². The molecule has 5 heteroatoms. The third-order valence-corrected chi connectivity index (χ3v) is 2.99. The minimum atomic E-state index is -0.454. The van der Waals surface area contributed by atoms with Gasteiger partial charge >= 0.3 is 0 Å². The number of hydrogen-bond acceptors (Lipinski definition) is 2. The Labute approximate surface area is 115 Å². The van der Waals surface area contributed by atoms with Gasteiger partial charge < -0.3 is 5.73 Å². The molecule has 0 aliphatic heterocycles. The normalized spacial score (nSPS) is 10.7. The van der Waals surface area contributed by atoms with Crippen molar-refractivity contribution in [2.24, 2.45) is 5.73 Å². The van der Waals surface area contributed by atoms with Crippen LogP contribution in [0.4, 0.5) is 4.39 Å². The molecule has 1 heterocycles. The summed E-state index contributed by atoms with van der Waals surface area (Å²) in [7, 11) is 0. The Hall–Kier alpha value is -1.16. The summed E-state index contributed by atoms with van der Waals surface area (Å²) >= 11 is 11.7. The molecule has 0 unspecified atom stereocenters. The van der Waals surface area contributed by atoms with E-state index in [9.17, 15) is 4.39 Å². The molecule has 0 bridgehead atoms. The summed E-state index contributed by atoms with van der Waals surface area (Å²) < 4.78 is 13.1. The first kappa shape index (κ1) is 13.3. The van der Waals surface area contributed by atoms with Crippen molar-refractivity contribution < 1.29 is 4.39 Å². The highest BCUT2D eigenvalue weighted by Gasteiger charge is 2.07. The van der Waals surface area contributed by atoms with Crippen molar-refractivity contribution in [1.82, 2.24) is 4.98 Å². The quantitative estimate of drug-likeness (QED) is 0.873. The van der Waals surface area contributed by atoms with Crippen LogP contribution in [0, 0.1) is 5.82 Å². The molecule has 0 aliphatic carbocycles. The number of aromatic nitrogens is 1. The van der Waals surface area contributed by atoms with Crippen molar-refractivity contribution in [2.75, 3.05) is 6.54 Å². The molecule has 0 aliphatic rings. The van der Waals surface area contributed by atoms with Crippen LogP contribution < -0.4 is 5.73 Å². The monoisotopic (exact) mass is 284 g/mol. The molecule has 0 radical (unpaired) electrons. The van der Waals surface area contributed by atoms with Crippen molar-refractivity contribution in [3.63, 3.8) is 0 Å². The average Bonchev–Trinajstić information content (AvgIpc) is 2.32. The van der Waals surface area contributed by atoms with Gasteiger partial charge in [0.2, 0.25) is 0 Å². The maximum atomic E-state index is 13.1. The Morgan fingerprint density at radius 2 is 1.94 bits per heavy atom. The summed E-state index contributed by atoms with van der Waals surface area (Å²) in [5.74, 6) is -0.454. The Bertz CT molecular complexity index is 573. The first-order valence-corrected chi connectivity index (χ1v) is 6.17. The third kappa shape index (κ3) is 2.99. The maximum Gasteiger partial charge on any atom is 0.141 e. The van der Waals surface area contributed by atoms with E-state index >= 15 is 0 Å². The fourth-order valence-electron chi connectivity index (χ4n) is 1.66. The molecule has 18 heavy (non-hydrogen) atoms. The van der Waals surface area contributed by atoms with Gasteiger partial charge in [-0.3, -0.25) is 0 Å². The van der Waals surface area contributed by atoms with E-state index in [0.717, 1.165) is 11.1 Å². The van der Waals surface area contributed by atoms with Gasteiger partial charge in [-0.25, -0.2) is 9.37 Å². The summed E-state index contributed by atoms with van der Waals surface area (Å²) in [5.41, 5.74) is 7.89. The lowest BCUT2D eigenvalue weighted by Crippen LogP contribution is -2.03. The highest BCUT2D eigenvalue weighted by atomic mass is 35.5. The lowest BCUT2D eigenvalue weighted by molar-refractivity contribution is 0.628. The molecule has 94 valence electrons. The molecule has 0 atom stereocenters. The molecule has 1 aromatic carbocycles. The second kappa shape index (κ2) is 5.65. The predicted molar refractivity (Wildman–Crippen MR) is 72.4 cm³/mol. The highest BCUT2D eigenvalue weighted by molar-refractivity contribution is 6.31. The molecule has 0 spiro atoms. The van der Waals surface area contributed by atoms with Crippen molar-refractivity contribution in [1.29, 1.82) is 0 Å². The van der Waals surface area contributed by atoms with Crippen LogP contribution in [0.5, 0.6) is 0 Å². The molecular formula is C13H11Cl2FN2. The molecule has 0 saturated heterocycles. The molecule has 2 rings (SSSR count). The summed E-state index contributed by atoms with van der Waals surface area (Å²) in [4.78, 5) is 4.20. The first-order chi connectivity index (χ1) is 8.60. The van der Waals surface area contributed by atoms with Gasteiger partial charge in [-0.2, -0.15) is 0 Å². The number of benzene rings is 1. The van der Waals surface area contributed by atoms with Gasteiger partial charge in [-0.15, -0.1) is 0 Å². The third-order valence-electron chi connectivity index (χ3n) is 2.50. The van der Waals surface area contributed by atoms with Crippen LogP contribution in [0.25, 0.3) is 11.3 Å². The van der Waals surface area contributed by atoms with E-state index in [1.54, 1.807) is 12.1 Å². The van der Waals surface area contributed by atoms with Crippen molar-refractivity contribution in [3.05, 3.63) is 51.9 Å². The van der Waals surface area contributed by atoms with E-state index in [1.165, 1.54) is 12.1 Å². The van der Waals surface area contributed by atoms with E-state index in [1.807, 2.05) is 6.07 Å². The van der Waals surface area contributed by atoms with Gasteiger partial charge in [0.25, 0.3) is 0 Å². The smallest absolute Gasteiger partial charge is 0.141 e. The molecular weight excluding hydrogens is 274 g/mol. The Kier molecular flexibility index (Phi) is 4.17. The second-order valence-corrected chi connectivity index (χ2v) is 4.65. The zero-order valence-corrected chi connectivity index (χ0v) is 11.0. The number of pyridine rings is 1. The zero-order valence-electron chi connectivity index (χ0n) is 9.46. The minimum Gasteiger partial charge on any atom is -0.330 e. The molecule has 0 fully saturated rings. The summed E-state index contributed by atoms with van der Waals surface area (Å²) in [6.45, 7) is 0.532. The van der Waals surface area contributed by atoms with Crippen molar-refractivity contribution in [3.8, 4) is 11.3 Å². The van der Waals surface area contributed by atoms with Gasteiger partial charge in [-0.1, -0.05) is 23.2 Å². The van der Waals surface area contributed by atoms with Crippen LogP contribution in [0.15, 0.2) is 30.3 Å². The number of rotatable bonds is 3. The molecule has 1 aromatic heterocycles. The average molecular weight is 285 g/mol. The first-order valence-electron chi connectivity index (χ1n) is 5.42. The molecule has 0 amide bonds. The summed E-state index contributed by atoms with van der Waals surface area (Å²) in [6, 6.07) is 8.10. The molecule has 2 nitrogen and oxygen atoms in total. The number of nitrogens with zero attached hydrogens (tertiary/aromatic N) is 1. The van der Waals surface area contributed by atoms with Gasteiger partial charge in [-0.05, 0) is 48.9 Å². The van der Waals surface area contributed by atoms with Gasteiger partial charge in [0.15, 0.2) is 0 Å². The Morgan fingerprint density at radius 1 is 1.17 bits per heavy atom. The van der Waals surface area contributed by atoms with Gasteiger partial charge in [0.1, 0.15) is 11.0 Å². The molecule has 2 aromatic rings. The highest BCUT2D eigenvalue weighted by Crippen LogP contribution is 2.25. The minimum absolute atomic E-state index is 0.0645. The van der Waals surface area contributed by atoms with Crippen LogP contribution in [0.3, 0.4) is 0 Å². The lowest BCUT2D eigenvalue weighted by Gasteiger charge is -2.06. The Morgan fingerprint density at radius 3 is 2.61 bits per heavy atom.